The highest BCUT2D eigenvalue weighted by Gasteiger charge is 2.36. The van der Waals surface area contributed by atoms with Crippen LogP contribution in [-0.4, -0.2) is 10.1 Å². The molecule has 1 aromatic rings. The van der Waals surface area contributed by atoms with E-state index >= 15 is 0 Å². The highest BCUT2D eigenvalue weighted by molar-refractivity contribution is 6.32. The summed E-state index contributed by atoms with van der Waals surface area (Å²) < 4.78 is 61.7. The second-order valence-electron chi connectivity index (χ2n) is 2.82. The summed E-state index contributed by atoms with van der Waals surface area (Å²) in [6.07, 6.45) is -8.10. The van der Waals surface area contributed by atoms with Crippen LogP contribution >= 0.6 is 11.6 Å². The van der Waals surface area contributed by atoms with Gasteiger partial charge in [-0.2, -0.15) is 13.2 Å². The average molecular weight is 262 g/mol. The van der Waals surface area contributed by atoms with Gasteiger partial charge in [0.05, 0.1) is 22.9 Å². The molecule has 0 fully saturated rings. The summed E-state index contributed by atoms with van der Waals surface area (Å²) in [5, 5.41) is 7.47. The monoisotopic (exact) mass is 261 g/mol. The van der Waals surface area contributed by atoms with E-state index in [0.29, 0.717) is 6.07 Å². The first-order valence-electron chi connectivity index (χ1n) is 3.93. The van der Waals surface area contributed by atoms with Gasteiger partial charge in [0.2, 0.25) is 0 Å². The van der Waals surface area contributed by atoms with Crippen LogP contribution in [0.25, 0.3) is 0 Å². The van der Waals surface area contributed by atoms with Gasteiger partial charge >= 0.3 is 6.18 Å². The number of pyridine rings is 1. The van der Waals surface area contributed by atoms with Gasteiger partial charge < -0.3 is 5.11 Å². The van der Waals surface area contributed by atoms with E-state index in [9.17, 15) is 22.0 Å². The van der Waals surface area contributed by atoms with Gasteiger partial charge in [0.1, 0.15) is 5.69 Å². The van der Waals surface area contributed by atoms with Crippen LogP contribution in [0.1, 0.15) is 23.4 Å². The smallest absolute Gasteiger partial charge is 0.390 e. The van der Waals surface area contributed by atoms with Crippen LogP contribution in [0.5, 0.6) is 0 Å². The minimum absolute atomic E-state index is 0.439. The number of aliphatic hydroxyl groups excluding tert-OH is 1. The zero-order valence-electron chi connectivity index (χ0n) is 7.52. The second kappa shape index (κ2) is 4.50. The third-order valence-corrected chi connectivity index (χ3v) is 2.11. The van der Waals surface area contributed by atoms with Crippen LogP contribution in [0.15, 0.2) is 6.07 Å². The molecular weight excluding hydrogens is 257 g/mol. The lowest BCUT2D eigenvalue weighted by atomic mass is 10.2. The van der Waals surface area contributed by atoms with Crippen LogP contribution in [0.4, 0.5) is 22.0 Å². The van der Waals surface area contributed by atoms with Crippen LogP contribution in [0.2, 0.25) is 5.02 Å². The van der Waals surface area contributed by atoms with Gasteiger partial charge in [-0.15, -0.1) is 0 Å². The maximum Gasteiger partial charge on any atom is 0.417 e. The Morgan fingerprint density at radius 2 is 1.94 bits per heavy atom. The zero-order chi connectivity index (χ0) is 12.5. The quantitative estimate of drug-likeness (QED) is 0.830. The number of hydrogen-bond acceptors (Lipinski definition) is 2. The van der Waals surface area contributed by atoms with E-state index in [0.717, 1.165) is 0 Å². The molecule has 8 heteroatoms. The number of aromatic nitrogens is 1. The van der Waals surface area contributed by atoms with Crippen molar-refractivity contribution in [3.05, 3.63) is 28.0 Å². The Morgan fingerprint density at radius 3 is 2.31 bits per heavy atom. The van der Waals surface area contributed by atoms with Gasteiger partial charge in [-0.1, -0.05) is 11.6 Å². The van der Waals surface area contributed by atoms with Crippen molar-refractivity contribution in [2.45, 2.75) is 19.2 Å². The number of aliphatic hydroxyl groups is 1. The van der Waals surface area contributed by atoms with Crippen LogP contribution in [-0.2, 0) is 12.8 Å². The Kier molecular flexibility index (Phi) is 3.69. The number of hydrogen-bond donors (Lipinski definition) is 1. The highest BCUT2D eigenvalue weighted by Crippen LogP contribution is 2.38. The van der Waals surface area contributed by atoms with Crippen molar-refractivity contribution < 1.29 is 27.1 Å². The molecule has 16 heavy (non-hydrogen) atoms. The second-order valence-corrected chi connectivity index (χ2v) is 3.19. The van der Waals surface area contributed by atoms with E-state index in [1.165, 1.54) is 0 Å². The Bertz CT molecular complexity index is 393. The van der Waals surface area contributed by atoms with Crippen molar-refractivity contribution in [1.29, 1.82) is 0 Å². The molecular formula is C8H5ClF5NO. The molecule has 0 bridgehead atoms. The van der Waals surface area contributed by atoms with E-state index in [-0.39, 0.29) is 0 Å². The van der Waals surface area contributed by atoms with Crippen molar-refractivity contribution in [3.8, 4) is 0 Å². The summed E-state index contributed by atoms with van der Waals surface area (Å²) in [6, 6.07) is 0.439. The summed E-state index contributed by atoms with van der Waals surface area (Å²) in [4.78, 5) is 3.13. The maximum absolute atomic E-state index is 12.4. The first kappa shape index (κ1) is 13.1. The minimum atomic E-state index is -4.87. The van der Waals surface area contributed by atoms with Crippen LogP contribution < -0.4 is 0 Å². The first-order valence-corrected chi connectivity index (χ1v) is 4.30. The molecule has 0 atom stereocenters. The van der Waals surface area contributed by atoms with Gasteiger partial charge in [0, 0.05) is 0 Å². The van der Waals surface area contributed by atoms with E-state index in [4.69, 9.17) is 16.7 Å². The SMILES string of the molecule is OCc1cc(C(F)(F)F)c(Cl)c(C(F)F)n1. The Morgan fingerprint density at radius 1 is 1.38 bits per heavy atom. The lowest BCUT2D eigenvalue weighted by Gasteiger charge is -2.13. The Balaban J connectivity index is 3.44. The topological polar surface area (TPSA) is 33.1 Å². The predicted octanol–water partition coefficient (Wildman–Crippen LogP) is 3.18. The molecule has 0 aliphatic carbocycles. The van der Waals surface area contributed by atoms with Gasteiger partial charge in [-0.25, -0.2) is 13.8 Å². The molecule has 0 aliphatic heterocycles. The summed E-state index contributed by atoms with van der Waals surface area (Å²) in [5.74, 6) is 0. The molecule has 1 rings (SSSR count). The van der Waals surface area contributed by atoms with Gasteiger partial charge in [0.25, 0.3) is 6.43 Å². The first-order chi connectivity index (χ1) is 7.27. The lowest BCUT2D eigenvalue weighted by Crippen LogP contribution is -2.11. The minimum Gasteiger partial charge on any atom is -0.390 e. The average Bonchev–Trinajstić information content (AvgIpc) is 2.15. The molecule has 0 radical (unpaired) electrons. The molecule has 0 saturated heterocycles. The van der Waals surface area contributed by atoms with Gasteiger partial charge in [0.15, 0.2) is 0 Å². The fraction of sp³-hybridized carbons (Fsp3) is 0.375. The fourth-order valence-corrected chi connectivity index (χ4v) is 1.32. The zero-order valence-corrected chi connectivity index (χ0v) is 8.28. The van der Waals surface area contributed by atoms with E-state index in [1.54, 1.807) is 0 Å². The lowest BCUT2D eigenvalue weighted by molar-refractivity contribution is -0.137. The molecule has 90 valence electrons. The summed E-state index contributed by atoms with van der Waals surface area (Å²) in [6.45, 7) is -0.875. The Hall–Kier alpha value is -0.950. The van der Waals surface area contributed by atoms with E-state index in [2.05, 4.69) is 4.98 Å². The molecule has 0 amide bonds. The number of alkyl halides is 5. The molecule has 0 aromatic carbocycles. The third-order valence-electron chi connectivity index (χ3n) is 1.71. The van der Waals surface area contributed by atoms with Crippen molar-refractivity contribution in [2.24, 2.45) is 0 Å². The van der Waals surface area contributed by atoms with Crippen molar-refractivity contribution in [2.75, 3.05) is 0 Å². The third kappa shape index (κ3) is 2.59. The molecule has 1 heterocycles. The van der Waals surface area contributed by atoms with E-state index < -0.39 is 41.2 Å². The van der Waals surface area contributed by atoms with Gasteiger partial charge in [-0.3, -0.25) is 0 Å². The number of rotatable bonds is 2. The molecule has 1 N–H and O–H groups in total. The van der Waals surface area contributed by atoms with E-state index in [1.807, 2.05) is 0 Å². The van der Waals surface area contributed by atoms with Crippen molar-refractivity contribution in [1.82, 2.24) is 4.98 Å². The maximum atomic E-state index is 12.4. The summed E-state index contributed by atoms with van der Waals surface area (Å²) in [7, 11) is 0. The Labute approximate surface area is 91.7 Å². The predicted molar refractivity (Wildman–Crippen MR) is 45.1 cm³/mol. The summed E-state index contributed by atoms with van der Waals surface area (Å²) >= 11 is 5.17. The molecule has 0 saturated carbocycles. The van der Waals surface area contributed by atoms with Crippen molar-refractivity contribution in [3.63, 3.8) is 0 Å². The van der Waals surface area contributed by atoms with Crippen LogP contribution in [0.3, 0.4) is 0 Å². The molecule has 0 unspecified atom stereocenters. The molecule has 0 aliphatic rings. The summed E-state index contributed by atoms with van der Waals surface area (Å²) in [5.41, 5.74) is -3.11. The van der Waals surface area contributed by atoms with Crippen LogP contribution in [0, 0.1) is 0 Å². The van der Waals surface area contributed by atoms with Crippen molar-refractivity contribution >= 4 is 11.6 Å². The fourth-order valence-electron chi connectivity index (χ4n) is 1.04. The molecule has 2 nitrogen and oxygen atoms in total. The highest BCUT2D eigenvalue weighted by atomic mass is 35.5. The standard InChI is InChI=1S/C8H5ClF5NO/c9-5-4(8(12,13)14)1-3(2-16)15-6(5)7(10)11/h1,7,16H,2H2. The number of halogens is 6. The molecule has 0 spiro atoms. The number of nitrogens with zero attached hydrogens (tertiary/aromatic N) is 1. The normalized spacial score (nSPS) is 12.2. The molecule has 1 aromatic heterocycles. The van der Waals surface area contributed by atoms with Gasteiger partial charge in [-0.05, 0) is 6.07 Å². The largest absolute Gasteiger partial charge is 0.417 e.